The molecule has 1 aliphatic rings. The van der Waals surface area contributed by atoms with Crippen LogP contribution in [0.2, 0.25) is 0 Å². The van der Waals surface area contributed by atoms with Crippen LogP contribution in [0.1, 0.15) is 37.4 Å². The highest BCUT2D eigenvalue weighted by atomic mass is 32.1. The second-order valence-electron chi connectivity index (χ2n) is 8.97. The van der Waals surface area contributed by atoms with Gasteiger partial charge in [-0.2, -0.15) is 5.26 Å². The largest absolute Gasteiger partial charge is 0.471 e. The topological polar surface area (TPSA) is 137 Å². The van der Waals surface area contributed by atoms with E-state index in [0.717, 1.165) is 35.7 Å². The fourth-order valence-corrected chi connectivity index (χ4v) is 5.40. The predicted molar refractivity (Wildman–Crippen MR) is 149 cm³/mol. The molecule has 1 saturated heterocycles. The number of aromatic nitrogens is 2. The van der Waals surface area contributed by atoms with Gasteiger partial charge in [0.2, 0.25) is 11.8 Å². The summed E-state index contributed by atoms with van der Waals surface area (Å²) in [5.41, 5.74) is 3.16. The molecule has 0 bridgehead atoms. The summed E-state index contributed by atoms with van der Waals surface area (Å²) in [6, 6.07) is 13.2. The van der Waals surface area contributed by atoms with Crippen LogP contribution in [-0.4, -0.2) is 62.2 Å². The summed E-state index contributed by atoms with van der Waals surface area (Å²) >= 11 is 1.08. The fourth-order valence-electron chi connectivity index (χ4n) is 4.36. The zero-order valence-corrected chi connectivity index (χ0v) is 23.4. The number of morpholine rings is 1. The number of carbonyl (C=O) groups excluding carboxylic acids is 2. The van der Waals surface area contributed by atoms with E-state index in [1.165, 1.54) is 33.4 Å². The van der Waals surface area contributed by atoms with Gasteiger partial charge >= 0.3 is 11.9 Å². The second-order valence-corrected chi connectivity index (χ2v) is 10.1. The normalized spacial score (nSPS) is 13.0. The van der Waals surface area contributed by atoms with Crippen molar-refractivity contribution in [2.24, 2.45) is 0 Å². The molecule has 5 rings (SSSR count). The predicted octanol–water partition coefficient (Wildman–Crippen LogP) is 4.75. The monoisotopic (exact) mass is 574 g/mol. The number of ether oxygens (including phenoxy) is 4. The minimum absolute atomic E-state index is 0.0249. The molecule has 0 unspecified atom stereocenters. The molecule has 1 aromatic carbocycles. The lowest BCUT2D eigenvalue weighted by Crippen LogP contribution is -2.36. The number of hydrogen-bond acceptors (Lipinski definition) is 12. The Morgan fingerprint density at radius 2 is 1.90 bits per heavy atom. The van der Waals surface area contributed by atoms with Gasteiger partial charge in [-0.3, -0.25) is 4.79 Å². The van der Waals surface area contributed by atoms with Crippen LogP contribution in [0.4, 0.5) is 5.69 Å². The Kier molecular flexibility index (Phi) is 8.28. The number of methoxy groups -OCH3 is 2. The van der Waals surface area contributed by atoms with E-state index in [4.69, 9.17) is 23.4 Å². The van der Waals surface area contributed by atoms with Crippen LogP contribution >= 0.6 is 11.3 Å². The number of hydrogen-bond donors (Lipinski definition) is 0. The standard InChI is InChI=1S/C29H26N4O7S/c1-17(34)20-13-24(29(35)37-3)41-25(20)16-39-28-22(14-30)21(27-31-15-26(36-2)40-27)12-23(32-28)18-4-6-19(7-5-18)33-8-10-38-11-9-33/h4-7,12-13,15H,8-11,16H2,1-3H3. The van der Waals surface area contributed by atoms with Crippen molar-refractivity contribution >= 4 is 28.8 Å². The highest BCUT2D eigenvalue weighted by Crippen LogP contribution is 2.36. The third-order valence-electron chi connectivity index (χ3n) is 6.47. The molecule has 0 amide bonds. The summed E-state index contributed by atoms with van der Waals surface area (Å²) in [5, 5.41) is 10.1. The molecule has 1 aliphatic heterocycles. The Hall–Kier alpha value is -4.73. The number of benzene rings is 1. The molecule has 0 aliphatic carbocycles. The lowest BCUT2D eigenvalue weighted by molar-refractivity contribution is 0.0606. The number of carbonyl (C=O) groups is 2. The Bertz CT molecular complexity index is 1620. The van der Waals surface area contributed by atoms with Crippen LogP contribution in [0, 0.1) is 11.3 Å². The van der Waals surface area contributed by atoms with E-state index in [1.54, 1.807) is 6.07 Å². The molecule has 0 atom stereocenters. The summed E-state index contributed by atoms with van der Waals surface area (Å²) < 4.78 is 27.1. The molecule has 210 valence electrons. The Balaban J connectivity index is 1.54. The van der Waals surface area contributed by atoms with Crippen molar-refractivity contribution in [3.8, 4) is 40.6 Å². The van der Waals surface area contributed by atoms with Crippen molar-refractivity contribution in [1.82, 2.24) is 9.97 Å². The third-order valence-corrected chi connectivity index (χ3v) is 7.56. The first-order valence-electron chi connectivity index (χ1n) is 12.6. The number of Topliss-reactive ketones (excluding diaryl/α,β-unsaturated/α-hetero) is 1. The summed E-state index contributed by atoms with van der Waals surface area (Å²) in [5.74, 6) is -0.422. The Morgan fingerprint density at radius 3 is 2.54 bits per heavy atom. The first kappa shape index (κ1) is 27.8. The average molecular weight is 575 g/mol. The molecular formula is C29H26N4O7S. The number of thiophene rings is 1. The number of nitriles is 1. The van der Waals surface area contributed by atoms with Gasteiger partial charge in [0.25, 0.3) is 0 Å². The smallest absolute Gasteiger partial charge is 0.348 e. The quantitative estimate of drug-likeness (QED) is 0.202. The van der Waals surface area contributed by atoms with Crippen LogP contribution in [0.25, 0.3) is 22.7 Å². The molecule has 4 aromatic rings. The van der Waals surface area contributed by atoms with Crippen molar-refractivity contribution in [1.29, 1.82) is 5.26 Å². The van der Waals surface area contributed by atoms with E-state index in [2.05, 4.69) is 20.9 Å². The zero-order chi connectivity index (χ0) is 28.9. The molecule has 12 heteroatoms. The maximum atomic E-state index is 12.3. The van der Waals surface area contributed by atoms with Crippen LogP contribution in [0.5, 0.6) is 11.8 Å². The Morgan fingerprint density at radius 1 is 1.15 bits per heavy atom. The minimum Gasteiger partial charge on any atom is -0.471 e. The number of nitrogens with zero attached hydrogens (tertiary/aromatic N) is 4. The van der Waals surface area contributed by atoms with Gasteiger partial charge < -0.3 is 28.3 Å². The molecule has 0 spiro atoms. The number of ketones is 1. The van der Waals surface area contributed by atoms with Crippen molar-refractivity contribution in [3.05, 3.63) is 63.5 Å². The van der Waals surface area contributed by atoms with Gasteiger partial charge in [-0.25, -0.2) is 14.8 Å². The first-order chi connectivity index (χ1) is 19.9. The van der Waals surface area contributed by atoms with E-state index in [0.29, 0.717) is 34.9 Å². The van der Waals surface area contributed by atoms with Crippen molar-refractivity contribution in [2.45, 2.75) is 13.5 Å². The first-order valence-corrected chi connectivity index (χ1v) is 13.5. The molecule has 0 radical (unpaired) electrons. The third kappa shape index (κ3) is 5.91. The number of rotatable bonds is 9. The highest BCUT2D eigenvalue weighted by Gasteiger charge is 2.23. The molecule has 3 aromatic heterocycles. The van der Waals surface area contributed by atoms with Crippen LogP contribution < -0.4 is 14.4 Å². The van der Waals surface area contributed by atoms with Crippen molar-refractivity contribution in [3.63, 3.8) is 0 Å². The van der Waals surface area contributed by atoms with Crippen LogP contribution in [0.3, 0.4) is 0 Å². The fraction of sp³-hybridized carbons (Fsp3) is 0.276. The molecular weight excluding hydrogens is 548 g/mol. The molecule has 41 heavy (non-hydrogen) atoms. The number of anilines is 1. The van der Waals surface area contributed by atoms with E-state index in [-0.39, 0.29) is 40.5 Å². The van der Waals surface area contributed by atoms with Gasteiger partial charge in [-0.05, 0) is 31.2 Å². The number of pyridine rings is 1. The van der Waals surface area contributed by atoms with E-state index in [9.17, 15) is 14.9 Å². The maximum Gasteiger partial charge on any atom is 0.348 e. The van der Waals surface area contributed by atoms with Crippen LogP contribution in [-0.2, 0) is 16.1 Å². The van der Waals surface area contributed by atoms with E-state index >= 15 is 0 Å². The summed E-state index contributed by atoms with van der Waals surface area (Å²) in [6.07, 6.45) is 1.41. The lowest BCUT2D eigenvalue weighted by Gasteiger charge is -2.28. The molecule has 1 fully saturated rings. The summed E-state index contributed by atoms with van der Waals surface area (Å²) in [4.78, 5) is 36.3. The number of esters is 1. The lowest BCUT2D eigenvalue weighted by atomic mass is 10.0. The minimum atomic E-state index is -0.553. The van der Waals surface area contributed by atoms with Gasteiger partial charge in [0.1, 0.15) is 29.3 Å². The molecule has 11 nitrogen and oxygen atoms in total. The maximum absolute atomic E-state index is 12.3. The zero-order valence-electron chi connectivity index (χ0n) is 22.6. The van der Waals surface area contributed by atoms with Crippen molar-refractivity contribution < 1.29 is 33.0 Å². The Labute approximate surface area is 239 Å². The average Bonchev–Trinajstić information content (AvgIpc) is 3.67. The van der Waals surface area contributed by atoms with Gasteiger partial charge in [0.15, 0.2) is 5.78 Å². The van der Waals surface area contributed by atoms with E-state index < -0.39 is 5.97 Å². The second kappa shape index (κ2) is 12.2. The van der Waals surface area contributed by atoms with Crippen molar-refractivity contribution in [2.75, 3.05) is 45.4 Å². The highest BCUT2D eigenvalue weighted by molar-refractivity contribution is 7.14. The van der Waals surface area contributed by atoms with Crippen LogP contribution in [0.15, 0.2) is 47.0 Å². The van der Waals surface area contributed by atoms with Gasteiger partial charge in [-0.15, -0.1) is 11.3 Å². The molecule has 0 N–H and O–H groups in total. The summed E-state index contributed by atoms with van der Waals surface area (Å²) in [6.45, 7) is 4.28. The van der Waals surface area contributed by atoms with Gasteiger partial charge in [0, 0.05) is 29.9 Å². The SMILES string of the molecule is COC(=O)c1cc(C(C)=O)c(COc2nc(-c3ccc(N4CCOCC4)cc3)cc(-c3ncc(OC)o3)c2C#N)s1. The summed E-state index contributed by atoms with van der Waals surface area (Å²) in [7, 11) is 2.72. The molecule has 4 heterocycles. The van der Waals surface area contributed by atoms with Gasteiger partial charge in [0.05, 0.1) is 43.6 Å². The van der Waals surface area contributed by atoms with E-state index in [1.807, 2.05) is 24.3 Å². The number of oxazole rings is 1. The molecule has 0 saturated carbocycles. The van der Waals surface area contributed by atoms with Gasteiger partial charge in [-0.1, -0.05) is 12.1 Å².